The van der Waals surface area contributed by atoms with Gasteiger partial charge in [0.15, 0.2) is 0 Å². The Morgan fingerprint density at radius 1 is 1.30 bits per heavy atom. The minimum absolute atomic E-state index is 1.08. The van der Waals surface area contributed by atoms with Crippen molar-refractivity contribution >= 4 is 25.8 Å². The molecule has 0 aromatic carbocycles. The van der Waals surface area contributed by atoms with Crippen molar-refractivity contribution in [3.8, 4) is 0 Å². The first-order valence-corrected chi connectivity index (χ1v) is 6.70. The second-order valence-electron chi connectivity index (χ2n) is 2.57. The molecule has 1 heterocycles. The van der Waals surface area contributed by atoms with Crippen LogP contribution in [0.15, 0.2) is 0 Å². The van der Waals surface area contributed by atoms with Crippen LogP contribution in [0.3, 0.4) is 0 Å². The summed E-state index contributed by atoms with van der Waals surface area (Å²) in [5.74, 6) is 0. The van der Waals surface area contributed by atoms with E-state index in [1.54, 1.807) is 0 Å². The number of hydrogen-bond donors (Lipinski definition) is 1. The van der Waals surface area contributed by atoms with Crippen LogP contribution in [-0.2, 0) is 14.6 Å². The molecular weight excluding hydrogens is 167 g/mol. The maximum absolute atomic E-state index is 10.2. The highest BCUT2D eigenvalue weighted by atomic mass is 32.2. The summed E-state index contributed by atoms with van der Waals surface area (Å²) >= 11 is -3.24. The van der Waals surface area contributed by atoms with Gasteiger partial charge in [0.05, 0.1) is 0 Å². The lowest BCUT2D eigenvalue weighted by Crippen LogP contribution is -2.21. The summed E-state index contributed by atoms with van der Waals surface area (Å²) in [5, 5.41) is 2.15. The normalized spacial score (nSPS) is 22.7. The Morgan fingerprint density at radius 3 is 2.40 bits per heavy atom. The molecule has 1 aliphatic rings. The van der Waals surface area contributed by atoms with E-state index in [-0.39, 0.29) is 0 Å². The Bertz CT molecular complexity index is 124. The van der Waals surface area contributed by atoms with Crippen molar-refractivity contribution in [1.29, 1.82) is 0 Å². The van der Waals surface area contributed by atoms with Gasteiger partial charge in [0.2, 0.25) is 0 Å². The molecule has 0 spiro atoms. The SMILES string of the molecule is O=S(O)[O][Al]1[CH2]CCC[CH2]1. The lowest BCUT2D eigenvalue weighted by Gasteiger charge is -2.13. The van der Waals surface area contributed by atoms with Crippen molar-refractivity contribution in [2.24, 2.45) is 0 Å². The van der Waals surface area contributed by atoms with Crippen molar-refractivity contribution in [2.75, 3.05) is 0 Å². The lowest BCUT2D eigenvalue weighted by atomic mass is 10.3. The number of rotatable bonds is 2. The largest absolute Gasteiger partial charge is 0.483 e. The third-order valence-electron chi connectivity index (χ3n) is 1.77. The summed E-state index contributed by atoms with van der Waals surface area (Å²) < 4.78 is 23.4. The molecular formula is C5H11AlO3S. The van der Waals surface area contributed by atoms with E-state index in [4.69, 9.17) is 7.79 Å². The molecule has 1 atom stereocenters. The smallest absolute Gasteiger partial charge is 0.396 e. The summed E-state index contributed by atoms with van der Waals surface area (Å²) in [6, 6.07) is 0. The van der Waals surface area contributed by atoms with Gasteiger partial charge in [-0.15, -0.1) is 0 Å². The monoisotopic (exact) mass is 178 g/mol. The topological polar surface area (TPSA) is 46.5 Å². The van der Waals surface area contributed by atoms with E-state index in [0.29, 0.717) is 0 Å². The van der Waals surface area contributed by atoms with Gasteiger partial charge in [-0.25, -0.2) is 4.21 Å². The first-order valence-electron chi connectivity index (χ1n) is 3.57. The zero-order chi connectivity index (χ0) is 7.40. The predicted molar refractivity (Wildman–Crippen MR) is 41.1 cm³/mol. The summed E-state index contributed by atoms with van der Waals surface area (Å²) in [6.07, 6.45) is 3.65. The Hall–Kier alpha value is 0.602. The van der Waals surface area contributed by atoms with Gasteiger partial charge < -0.3 is 3.23 Å². The van der Waals surface area contributed by atoms with E-state index in [0.717, 1.165) is 10.6 Å². The Kier molecular flexibility index (Phi) is 3.89. The van der Waals surface area contributed by atoms with E-state index in [1.807, 2.05) is 0 Å². The van der Waals surface area contributed by atoms with Crippen LogP contribution in [0.25, 0.3) is 0 Å². The molecule has 0 bridgehead atoms. The maximum atomic E-state index is 10.2. The highest BCUT2D eigenvalue weighted by Crippen LogP contribution is 2.19. The minimum atomic E-state index is -2.00. The van der Waals surface area contributed by atoms with Gasteiger partial charge in [0, 0.05) is 0 Å². The molecule has 58 valence electrons. The van der Waals surface area contributed by atoms with Crippen LogP contribution in [0.4, 0.5) is 0 Å². The molecule has 1 rings (SSSR count). The minimum Gasteiger partial charge on any atom is -0.396 e. The summed E-state index contributed by atoms with van der Waals surface area (Å²) in [5.41, 5.74) is 0. The van der Waals surface area contributed by atoms with Crippen LogP contribution >= 0.6 is 0 Å². The van der Waals surface area contributed by atoms with Crippen molar-refractivity contribution in [3.05, 3.63) is 0 Å². The number of hydrogen-bond acceptors (Lipinski definition) is 2. The van der Waals surface area contributed by atoms with Crippen LogP contribution < -0.4 is 0 Å². The van der Waals surface area contributed by atoms with Crippen molar-refractivity contribution in [3.63, 3.8) is 0 Å². The van der Waals surface area contributed by atoms with Gasteiger partial charge >= 0.3 is 14.5 Å². The molecule has 1 aliphatic heterocycles. The van der Waals surface area contributed by atoms with Crippen LogP contribution in [0.2, 0.25) is 10.6 Å². The standard InChI is InChI=1S/C5H10.Al.H2O3S/c1-3-5-4-2;;1-4(2)3/h1-5H2;;(H2,1,2,3)/q;+1;/p-1. The molecule has 10 heavy (non-hydrogen) atoms. The molecule has 1 N–H and O–H groups in total. The quantitative estimate of drug-likeness (QED) is 0.512. The highest BCUT2D eigenvalue weighted by Gasteiger charge is 2.25. The second kappa shape index (κ2) is 4.47. The van der Waals surface area contributed by atoms with Crippen molar-refractivity contribution < 1.29 is 12.0 Å². The van der Waals surface area contributed by atoms with Crippen LogP contribution in [0, 0.1) is 0 Å². The van der Waals surface area contributed by atoms with Gasteiger partial charge in [-0.3, -0.25) is 4.55 Å². The van der Waals surface area contributed by atoms with Gasteiger partial charge in [-0.2, -0.15) is 0 Å². The molecule has 0 aromatic rings. The first-order chi connectivity index (χ1) is 4.79. The van der Waals surface area contributed by atoms with Gasteiger partial charge in [-0.1, -0.05) is 29.8 Å². The molecule has 1 unspecified atom stereocenters. The fourth-order valence-corrected chi connectivity index (χ4v) is 4.76. The Labute approximate surface area is 68.0 Å². The van der Waals surface area contributed by atoms with Gasteiger partial charge in [0.25, 0.3) is 11.4 Å². The van der Waals surface area contributed by atoms with E-state index in [2.05, 4.69) is 0 Å². The van der Waals surface area contributed by atoms with E-state index < -0.39 is 25.8 Å². The van der Waals surface area contributed by atoms with Gasteiger partial charge in [0.1, 0.15) is 0 Å². The summed E-state index contributed by atoms with van der Waals surface area (Å²) in [6.45, 7) is 0. The highest BCUT2D eigenvalue weighted by molar-refractivity contribution is 7.75. The molecule has 0 aliphatic carbocycles. The third-order valence-corrected chi connectivity index (χ3v) is 5.62. The Balaban J connectivity index is 2.19. The van der Waals surface area contributed by atoms with Crippen LogP contribution in [-0.4, -0.2) is 23.2 Å². The molecule has 0 amide bonds. The molecule has 0 aromatic heterocycles. The van der Waals surface area contributed by atoms with Crippen molar-refractivity contribution in [2.45, 2.75) is 29.8 Å². The van der Waals surface area contributed by atoms with E-state index >= 15 is 0 Å². The molecule has 0 radical (unpaired) electrons. The molecule has 3 nitrogen and oxygen atoms in total. The molecule has 1 fully saturated rings. The fraction of sp³-hybridized carbons (Fsp3) is 1.00. The molecule has 0 saturated carbocycles. The van der Waals surface area contributed by atoms with Gasteiger partial charge in [-0.05, 0) is 0 Å². The summed E-state index contributed by atoms with van der Waals surface area (Å²) in [7, 11) is 0. The second-order valence-corrected chi connectivity index (χ2v) is 6.18. The third kappa shape index (κ3) is 3.13. The predicted octanol–water partition coefficient (Wildman–Crippen LogP) is 1.32. The average Bonchev–Trinajstić information content (AvgIpc) is 1.88. The van der Waals surface area contributed by atoms with E-state index in [9.17, 15) is 4.21 Å². The van der Waals surface area contributed by atoms with Crippen molar-refractivity contribution in [1.82, 2.24) is 0 Å². The average molecular weight is 178 g/mol. The van der Waals surface area contributed by atoms with Crippen LogP contribution in [0.5, 0.6) is 0 Å². The first kappa shape index (κ1) is 8.70. The zero-order valence-corrected chi connectivity index (χ0v) is 7.76. The fourth-order valence-electron chi connectivity index (χ4n) is 1.28. The molecule has 5 heteroatoms. The van der Waals surface area contributed by atoms with Crippen LogP contribution in [0.1, 0.15) is 19.3 Å². The molecule has 1 saturated heterocycles. The Morgan fingerprint density at radius 2 is 1.90 bits per heavy atom. The summed E-state index contributed by atoms with van der Waals surface area (Å²) in [4.78, 5) is 0. The lowest BCUT2D eigenvalue weighted by molar-refractivity contribution is 0.453. The van der Waals surface area contributed by atoms with E-state index in [1.165, 1.54) is 19.3 Å². The maximum Gasteiger partial charge on any atom is 0.483 e. The zero-order valence-electron chi connectivity index (χ0n) is 5.78.